The molecule has 0 heterocycles. The first kappa shape index (κ1) is 19.7. The maximum atomic E-state index is 11.9. The van der Waals surface area contributed by atoms with Crippen LogP contribution in [0.25, 0.3) is 0 Å². The molecule has 120 valence electrons. The highest BCUT2D eigenvalue weighted by Crippen LogP contribution is 2.22. The Balaban J connectivity index is 3.53. The lowest BCUT2D eigenvalue weighted by Gasteiger charge is -2.19. The number of ketones is 1. The van der Waals surface area contributed by atoms with E-state index in [0.717, 1.165) is 31.1 Å². The van der Waals surface area contributed by atoms with Crippen molar-refractivity contribution in [1.82, 2.24) is 0 Å². The summed E-state index contributed by atoms with van der Waals surface area (Å²) >= 11 is 0. The van der Waals surface area contributed by atoms with Gasteiger partial charge < -0.3 is 0 Å². The van der Waals surface area contributed by atoms with Crippen molar-refractivity contribution in [3.8, 4) is 0 Å². The van der Waals surface area contributed by atoms with E-state index < -0.39 is 0 Å². The first-order valence-corrected chi connectivity index (χ1v) is 8.99. The van der Waals surface area contributed by atoms with E-state index in [1.165, 1.54) is 44.9 Å². The fraction of sp³-hybridized carbons (Fsp3) is 0.947. The zero-order valence-electron chi connectivity index (χ0n) is 14.7. The van der Waals surface area contributed by atoms with Crippen molar-refractivity contribution >= 4 is 5.78 Å². The highest BCUT2D eigenvalue weighted by atomic mass is 16.1. The summed E-state index contributed by atoms with van der Waals surface area (Å²) in [5.41, 5.74) is 0. The summed E-state index contributed by atoms with van der Waals surface area (Å²) in [6.07, 6.45) is 11.9. The van der Waals surface area contributed by atoms with E-state index in [-0.39, 0.29) is 0 Å². The molecule has 0 amide bonds. The lowest BCUT2D eigenvalue weighted by Crippen LogP contribution is -2.12. The predicted molar refractivity (Wildman–Crippen MR) is 90.0 cm³/mol. The van der Waals surface area contributed by atoms with Gasteiger partial charge in [0.15, 0.2) is 0 Å². The van der Waals surface area contributed by atoms with Gasteiger partial charge >= 0.3 is 0 Å². The molecule has 0 aliphatic rings. The molecule has 0 aliphatic heterocycles. The smallest absolute Gasteiger partial charge is 0.133 e. The standard InChI is InChI=1S/C19H38O/c1-6-7-8-9-10-11-12-13-19(20)15-17(4)14-18(5)16(2)3/h16-18H,6-15H2,1-5H3. The molecule has 1 heteroatoms. The van der Waals surface area contributed by atoms with Crippen LogP contribution in [0.4, 0.5) is 0 Å². The molecule has 0 aliphatic carbocycles. The average Bonchev–Trinajstić information content (AvgIpc) is 2.37. The van der Waals surface area contributed by atoms with Gasteiger partial charge in [0.2, 0.25) is 0 Å². The topological polar surface area (TPSA) is 17.1 Å². The van der Waals surface area contributed by atoms with Crippen LogP contribution in [-0.4, -0.2) is 5.78 Å². The number of hydrogen-bond acceptors (Lipinski definition) is 1. The number of carbonyl (C=O) groups excluding carboxylic acids is 1. The quantitative estimate of drug-likeness (QED) is 0.357. The second kappa shape index (κ2) is 12.4. The zero-order chi connectivity index (χ0) is 15.4. The molecule has 0 spiro atoms. The van der Waals surface area contributed by atoms with Gasteiger partial charge in [-0.3, -0.25) is 4.79 Å². The van der Waals surface area contributed by atoms with Crippen LogP contribution in [0.3, 0.4) is 0 Å². The fourth-order valence-electron chi connectivity index (χ4n) is 2.76. The first-order chi connectivity index (χ1) is 9.47. The third-order valence-electron chi connectivity index (χ3n) is 4.55. The minimum absolute atomic E-state index is 0.488. The average molecular weight is 283 g/mol. The number of carbonyl (C=O) groups is 1. The molecule has 0 bridgehead atoms. The van der Waals surface area contributed by atoms with Crippen LogP contribution in [0.5, 0.6) is 0 Å². The Kier molecular flexibility index (Phi) is 12.2. The van der Waals surface area contributed by atoms with Crippen molar-refractivity contribution in [3.05, 3.63) is 0 Å². The van der Waals surface area contributed by atoms with Crippen molar-refractivity contribution in [2.75, 3.05) is 0 Å². The van der Waals surface area contributed by atoms with Crippen LogP contribution in [0.1, 0.15) is 98.8 Å². The van der Waals surface area contributed by atoms with Crippen molar-refractivity contribution < 1.29 is 4.79 Å². The molecule has 0 fully saturated rings. The summed E-state index contributed by atoms with van der Waals surface area (Å²) in [5.74, 6) is 2.51. The Morgan fingerprint density at radius 2 is 1.40 bits per heavy atom. The third-order valence-corrected chi connectivity index (χ3v) is 4.55. The van der Waals surface area contributed by atoms with Gasteiger partial charge in [-0.15, -0.1) is 0 Å². The van der Waals surface area contributed by atoms with Gasteiger partial charge in [0, 0.05) is 12.8 Å². The first-order valence-electron chi connectivity index (χ1n) is 8.99. The Bertz CT molecular complexity index is 232. The van der Waals surface area contributed by atoms with E-state index in [4.69, 9.17) is 0 Å². The highest BCUT2D eigenvalue weighted by molar-refractivity contribution is 5.78. The monoisotopic (exact) mass is 282 g/mol. The van der Waals surface area contributed by atoms with Gasteiger partial charge in [-0.1, -0.05) is 73.1 Å². The molecular formula is C19H38O. The van der Waals surface area contributed by atoms with Gasteiger partial charge in [-0.2, -0.15) is 0 Å². The maximum absolute atomic E-state index is 11.9. The molecule has 2 unspecified atom stereocenters. The molecule has 1 nitrogen and oxygen atoms in total. The SMILES string of the molecule is CCCCCCCCCC(=O)CC(C)CC(C)C(C)C. The lowest BCUT2D eigenvalue weighted by atomic mass is 9.86. The number of hydrogen-bond donors (Lipinski definition) is 0. The summed E-state index contributed by atoms with van der Waals surface area (Å²) in [6, 6.07) is 0. The van der Waals surface area contributed by atoms with Crippen LogP contribution < -0.4 is 0 Å². The van der Waals surface area contributed by atoms with Crippen LogP contribution in [0.15, 0.2) is 0 Å². The molecule has 0 aromatic heterocycles. The van der Waals surface area contributed by atoms with E-state index >= 15 is 0 Å². The minimum atomic E-state index is 0.488. The van der Waals surface area contributed by atoms with Crippen molar-refractivity contribution in [2.45, 2.75) is 98.8 Å². The Labute approximate surface area is 127 Å². The van der Waals surface area contributed by atoms with Gasteiger partial charge in [-0.05, 0) is 30.6 Å². The van der Waals surface area contributed by atoms with Gasteiger partial charge in [-0.25, -0.2) is 0 Å². The summed E-state index contributed by atoms with van der Waals surface area (Å²) in [5, 5.41) is 0. The molecule has 0 saturated carbocycles. The van der Waals surface area contributed by atoms with E-state index in [0.29, 0.717) is 11.7 Å². The Morgan fingerprint density at radius 3 is 1.95 bits per heavy atom. The van der Waals surface area contributed by atoms with Crippen LogP contribution >= 0.6 is 0 Å². The molecular weight excluding hydrogens is 244 g/mol. The second-order valence-electron chi connectivity index (χ2n) is 7.18. The van der Waals surface area contributed by atoms with Crippen LogP contribution in [-0.2, 0) is 4.79 Å². The molecule has 0 radical (unpaired) electrons. The van der Waals surface area contributed by atoms with E-state index in [1.807, 2.05) is 0 Å². The summed E-state index contributed by atoms with van der Waals surface area (Å²) < 4.78 is 0. The van der Waals surface area contributed by atoms with E-state index in [9.17, 15) is 4.79 Å². The normalized spacial score (nSPS) is 14.5. The largest absolute Gasteiger partial charge is 0.300 e. The molecule has 0 aromatic carbocycles. The summed E-state index contributed by atoms with van der Waals surface area (Å²) in [4.78, 5) is 11.9. The van der Waals surface area contributed by atoms with Crippen molar-refractivity contribution in [3.63, 3.8) is 0 Å². The maximum Gasteiger partial charge on any atom is 0.133 e. The van der Waals surface area contributed by atoms with Crippen molar-refractivity contribution in [2.24, 2.45) is 17.8 Å². The number of unbranched alkanes of at least 4 members (excludes halogenated alkanes) is 6. The van der Waals surface area contributed by atoms with E-state index in [1.54, 1.807) is 0 Å². The van der Waals surface area contributed by atoms with Crippen LogP contribution in [0.2, 0.25) is 0 Å². The molecule has 0 saturated heterocycles. The van der Waals surface area contributed by atoms with Crippen LogP contribution in [0, 0.1) is 17.8 Å². The summed E-state index contributed by atoms with van der Waals surface area (Å²) in [7, 11) is 0. The van der Waals surface area contributed by atoms with Gasteiger partial charge in [0.05, 0.1) is 0 Å². The van der Waals surface area contributed by atoms with Gasteiger partial charge in [0.25, 0.3) is 0 Å². The van der Waals surface area contributed by atoms with Gasteiger partial charge in [0.1, 0.15) is 5.78 Å². The predicted octanol–water partition coefficient (Wildman–Crippen LogP) is 6.40. The lowest BCUT2D eigenvalue weighted by molar-refractivity contribution is -0.120. The number of rotatable bonds is 13. The Hall–Kier alpha value is -0.330. The molecule has 0 rings (SSSR count). The van der Waals surface area contributed by atoms with Crippen molar-refractivity contribution in [1.29, 1.82) is 0 Å². The molecule has 0 N–H and O–H groups in total. The molecule has 0 aromatic rings. The minimum Gasteiger partial charge on any atom is -0.300 e. The Morgan fingerprint density at radius 1 is 0.850 bits per heavy atom. The zero-order valence-corrected chi connectivity index (χ0v) is 14.7. The molecule has 20 heavy (non-hydrogen) atoms. The highest BCUT2D eigenvalue weighted by Gasteiger charge is 2.14. The number of Topliss-reactive ketones (excluding diaryl/α,β-unsaturated/α-hetero) is 1. The fourth-order valence-corrected chi connectivity index (χ4v) is 2.76. The summed E-state index contributed by atoms with van der Waals surface area (Å²) in [6.45, 7) is 11.3. The third kappa shape index (κ3) is 11.5. The molecule has 2 atom stereocenters. The van der Waals surface area contributed by atoms with E-state index in [2.05, 4.69) is 34.6 Å². The second-order valence-corrected chi connectivity index (χ2v) is 7.18.